The largest absolute Gasteiger partial charge is 0.377 e. The average Bonchev–Trinajstić information content (AvgIpc) is 3.00. The molecule has 3 rings (SSSR count). The first kappa shape index (κ1) is 16.6. The number of anilines is 1. The van der Waals surface area contributed by atoms with E-state index >= 15 is 0 Å². The molecular formula is C18H19N5O2. The van der Waals surface area contributed by atoms with Gasteiger partial charge in [0.2, 0.25) is 0 Å². The Morgan fingerprint density at radius 2 is 1.80 bits per heavy atom. The summed E-state index contributed by atoms with van der Waals surface area (Å²) in [5.74, 6) is 0. The molecule has 3 aromatic rings. The van der Waals surface area contributed by atoms with Crippen LogP contribution < -0.4 is 10.6 Å². The monoisotopic (exact) mass is 337 g/mol. The molecule has 0 aliphatic carbocycles. The van der Waals surface area contributed by atoms with Gasteiger partial charge in [0.25, 0.3) is 0 Å². The van der Waals surface area contributed by atoms with Gasteiger partial charge in [-0.25, -0.2) is 9.59 Å². The molecule has 0 saturated carbocycles. The Hall–Kier alpha value is -3.22. The smallest absolute Gasteiger partial charge is 0.292 e. The Labute approximate surface area is 145 Å². The van der Waals surface area contributed by atoms with Gasteiger partial charge >= 0.3 is 11.7 Å². The number of benzene rings is 2. The lowest BCUT2D eigenvalue weighted by Crippen LogP contribution is -2.41. The molecule has 0 aliphatic rings. The molecule has 128 valence electrons. The third-order valence-electron chi connectivity index (χ3n) is 3.97. The second kappa shape index (κ2) is 6.72. The highest BCUT2D eigenvalue weighted by Gasteiger charge is 2.23. The summed E-state index contributed by atoms with van der Waals surface area (Å²) >= 11 is 0. The van der Waals surface area contributed by atoms with E-state index in [0.29, 0.717) is 12.2 Å². The maximum atomic E-state index is 12.9. The van der Waals surface area contributed by atoms with E-state index in [-0.39, 0.29) is 0 Å². The van der Waals surface area contributed by atoms with Crippen LogP contribution in [0.5, 0.6) is 0 Å². The zero-order valence-corrected chi connectivity index (χ0v) is 14.4. The van der Waals surface area contributed by atoms with Crippen molar-refractivity contribution in [2.24, 2.45) is 0 Å². The molecule has 7 nitrogen and oxygen atoms in total. The van der Waals surface area contributed by atoms with Gasteiger partial charge in [0, 0.05) is 12.2 Å². The summed E-state index contributed by atoms with van der Waals surface area (Å²) in [6, 6.07) is 14.2. The van der Waals surface area contributed by atoms with Crippen molar-refractivity contribution >= 4 is 11.7 Å². The van der Waals surface area contributed by atoms with E-state index < -0.39 is 11.7 Å². The van der Waals surface area contributed by atoms with E-state index in [4.69, 9.17) is 0 Å². The summed E-state index contributed by atoms with van der Waals surface area (Å²) in [7, 11) is 0. The fraction of sp³-hybridized carbons (Fsp3) is 0.222. The molecular weight excluding hydrogens is 318 g/mol. The van der Waals surface area contributed by atoms with Gasteiger partial charge in [0.05, 0.1) is 5.69 Å². The molecule has 0 bridgehead atoms. The van der Waals surface area contributed by atoms with E-state index in [0.717, 1.165) is 26.2 Å². The van der Waals surface area contributed by atoms with Crippen LogP contribution >= 0.6 is 0 Å². The van der Waals surface area contributed by atoms with Gasteiger partial charge in [-0.1, -0.05) is 30.3 Å². The number of aryl methyl sites for hydroxylation is 2. The predicted molar refractivity (Wildman–Crippen MR) is 95.3 cm³/mol. The number of carbonyl (C=O) groups excluding carboxylic acids is 1. The van der Waals surface area contributed by atoms with Crippen LogP contribution in [0.3, 0.4) is 0 Å². The molecule has 0 radical (unpaired) electrons. The van der Waals surface area contributed by atoms with Crippen molar-refractivity contribution in [2.45, 2.75) is 20.8 Å². The van der Waals surface area contributed by atoms with Crippen LogP contribution in [-0.2, 0) is 0 Å². The number of hydrogen-bond donors (Lipinski definition) is 0. The van der Waals surface area contributed by atoms with Crippen LogP contribution in [0.4, 0.5) is 10.5 Å². The molecule has 0 atom stereocenters. The first-order valence-corrected chi connectivity index (χ1v) is 8.02. The third kappa shape index (κ3) is 3.08. The SMILES string of the molecule is CCN(C(=O)n1nnn(-c2ccccc2)c1=O)c1cc(C)ccc1C. The second-order valence-corrected chi connectivity index (χ2v) is 5.74. The van der Waals surface area contributed by atoms with Gasteiger partial charge in [0.15, 0.2) is 0 Å². The van der Waals surface area contributed by atoms with Crippen molar-refractivity contribution < 1.29 is 4.79 Å². The summed E-state index contributed by atoms with van der Waals surface area (Å²) in [6.07, 6.45) is 0. The number of amides is 1. The molecule has 1 aromatic heterocycles. The van der Waals surface area contributed by atoms with E-state index in [1.54, 1.807) is 24.3 Å². The van der Waals surface area contributed by atoms with Gasteiger partial charge < -0.3 is 0 Å². The summed E-state index contributed by atoms with van der Waals surface area (Å²) in [6.45, 7) is 6.15. The molecule has 2 aromatic carbocycles. The van der Waals surface area contributed by atoms with Gasteiger partial charge in [-0.3, -0.25) is 4.90 Å². The maximum Gasteiger partial charge on any atom is 0.377 e. The molecule has 0 fully saturated rings. The van der Waals surface area contributed by atoms with Crippen molar-refractivity contribution in [3.05, 3.63) is 70.1 Å². The van der Waals surface area contributed by atoms with Gasteiger partial charge in [0.1, 0.15) is 0 Å². The van der Waals surface area contributed by atoms with Crippen LogP contribution in [0.25, 0.3) is 5.69 Å². The third-order valence-corrected chi connectivity index (χ3v) is 3.97. The standard InChI is InChI=1S/C18H19N5O2/c1-4-21(16-12-13(2)10-11-14(16)3)17(24)23-18(25)22(19-20-23)15-8-6-5-7-9-15/h5-12H,4H2,1-3H3. The lowest BCUT2D eigenvalue weighted by atomic mass is 10.1. The van der Waals surface area contributed by atoms with Crippen molar-refractivity contribution in [3.63, 3.8) is 0 Å². The Balaban J connectivity index is 2.02. The number of aromatic nitrogens is 4. The van der Waals surface area contributed by atoms with Gasteiger partial charge in [-0.2, -0.15) is 4.68 Å². The van der Waals surface area contributed by atoms with Crippen LogP contribution in [0, 0.1) is 13.8 Å². The maximum absolute atomic E-state index is 12.9. The molecule has 0 saturated heterocycles. The quantitative estimate of drug-likeness (QED) is 0.689. The van der Waals surface area contributed by atoms with Crippen LogP contribution in [0.2, 0.25) is 0 Å². The van der Waals surface area contributed by atoms with Gasteiger partial charge in [-0.05, 0) is 60.5 Å². The Kier molecular flexibility index (Phi) is 4.47. The minimum Gasteiger partial charge on any atom is -0.292 e. The van der Waals surface area contributed by atoms with E-state index in [9.17, 15) is 9.59 Å². The normalized spacial score (nSPS) is 10.7. The Morgan fingerprint density at radius 1 is 1.08 bits per heavy atom. The molecule has 0 unspecified atom stereocenters. The fourth-order valence-corrected chi connectivity index (χ4v) is 2.63. The predicted octanol–water partition coefficient (Wildman–Crippen LogP) is 2.54. The molecule has 1 amide bonds. The summed E-state index contributed by atoms with van der Waals surface area (Å²) < 4.78 is 1.90. The van der Waals surface area contributed by atoms with Crippen LogP contribution in [0.1, 0.15) is 18.1 Å². The highest BCUT2D eigenvalue weighted by Crippen LogP contribution is 2.22. The van der Waals surface area contributed by atoms with Crippen molar-refractivity contribution in [2.75, 3.05) is 11.4 Å². The number of para-hydroxylation sites is 1. The first-order valence-electron chi connectivity index (χ1n) is 8.02. The van der Waals surface area contributed by atoms with Crippen molar-refractivity contribution in [1.29, 1.82) is 0 Å². The number of tetrazole rings is 1. The summed E-state index contributed by atoms with van der Waals surface area (Å²) in [5, 5.41) is 7.59. The summed E-state index contributed by atoms with van der Waals surface area (Å²) in [4.78, 5) is 27.0. The Bertz CT molecular complexity index is 959. The molecule has 0 N–H and O–H groups in total. The van der Waals surface area contributed by atoms with E-state index in [2.05, 4.69) is 10.4 Å². The molecule has 7 heteroatoms. The Morgan fingerprint density at radius 3 is 2.48 bits per heavy atom. The molecule has 1 heterocycles. The summed E-state index contributed by atoms with van der Waals surface area (Å²) in [5.41, 5.74) is 2.70. The van der Waals surface area contributed by atoms with Crippen LogP contribution in [0.15, 0.2) is 53.3 Å². The average molecular weight is 337 g/mol. The highest BCUT2D eigenvalue weighted by atomic mass is 16.2. The zero-order chi connectivity index (χ0) is 18.0. The second-order valence-electron chi connectivity index (χ2n) is 5.74. The first-order chi connectivity index (χ1) is 12.0. The van der Waals surface area contributed by atoms with Crippen molar-refractivity contribution in [1.82, 2.24) is 19.8 Å². The zero-order valence-electron chi connectivity index (χ0n) is 14.4. The van der Waals surface area contributed by atoms with E-state index in [1.807, 2.05) is 45.0 Å². The topological polar surface area (TPSA) is 73.0 Å². The molecule has 0 aliphatic heterocycles. The molecule has 0 spiro atoms. The highest BCUT2D eigenvalue weighted by molar-refractivity contribution is 5.93. The number of carbonyl (C=O) groups is 1. The number of nitrogens with zero attached hydrogens (tertiary/aromatic N) is 5. The van der Waals surface area contributed by atoms with Crippen LogP contribution in [-0.4, -0.2) is 32.4 Å². The van der Waals surface area contributed by atoms with E-state index in [1.165, 1.54) is 4.90 Å². The van der Waals surface area contributed by atoms with Crippen molar-refractivity contribution in [3.8, 4) is 5.69 Å². The lowest BCUT2D eigenvalue weighted by Gasteiger charge is -2.22. The van der Waals surface area contributed by atoms with Gasteiger partial charge in [-0.15, -0.1) is 4.68 Å². The number of hydrogen-bond acceptors (Lipinski definition) is 4. The minimum atomic E-state index is -0.597. The number of rotatable bonds is 3. The fourth-order valence-electron chi connectivity index (χ4n) is 2.63. The lowest BCUT2D eigenvalue weighted by molar-refractivity contribution is 0.244. The molecule has 25 heavy (non-hydrogen) atoms. The minimum absolute atomic E-state index is 0.410.